The standard InChI is InChI=1S/C50H98NO10P/c1-3-5-7-9-11-13-15-17-19-21-22-23-24-25-26-28-30-32-34-36-38-40-42-49(53)61-46(44-59-62(56,57)60-45-47(51)50(54)55)43-58-48(52)41-39-37-35-33-31-29-27-20-18-16-14-12-10-8-6-4-2/h46-47H,3-45,51H2,1-2H3,(H,54,55)(H,56,57). The van der Waals surface area contributed by atoms with Gasteiger partial charge in [0.15, 0.2) is 6.10 Å². The molecule has 0 rings (SSSR count). The lowest BCUT2D eigenvalue weighted by Gasteiger charge is -2.20. The lowest BCUT2D eigenvalue weighted by Crippen LogP contribution is -2.34. The van der Waals surface area contributed by atoms with Gasteiger partial charge >= 0.3 is 25.7 Å². The first kappa shape index (κ1) is 60.5. The van der Waals surface area contributed by atoms with Gasteiger partial charge in [0.2, 0.25) is 0 Å². The van der Waals surface area contributed by atoms with Crippen LogP contribution in [0.3, 0.4) is 0 Å². The maximum atomic E-state index is 12.7. The van der Waals surface area contributed by atoms with Crippen molar-refractivity contribution in [2.24, 2.45) is 5.73 Å². The van der Waals surface area contributed by atoms with E-state index in [1.165, 1.54) is 193 Å². The van der Waals surface area contributed by atoms with Gasteiger partial charge in [-0.05, 0) is 12.8 Å². The lowest BCUT2D eigenvalue weighted by atomic mass is 10.0. The van der Waals surface area contributed by atoms with Crippen LogP contribution in [0.25, 0.3) is 0 Å². The Bertz CT molecular complexity index is 1060. The average molecular weight is 904 g/mol. The second-order valence-corrected chi connectivity index (χ2v) is 19.5. The van der Waals surface area contributed by atoms with Gasteiger partial charge < -0.3 is 25.2 Å². The number of aliphatic carboxylic acids is 1. The Morgan fingerprint density at radius 1 is 0.435 bits per heavy atom. The second-order valence-electron chi connectivity index (χ2n) is 18.0. The largest absolute Gasteiger partial charge is 0.480 e. The van der Waals surface area contributed by atoms with Crippen LogP contribution in [0.5, 0.6) is 0 Å². The minimum Gasteiger partial charge on any atom is -0.480 e. The van der Waals surface area contributed by atoms with E-state index in [1.807, 2.05) is 0 Å². The monoisotopic (exact) mass is 904 g/mol. The fourth-order valence-electron chi connectivity index (χ4n) is 7.77. The van der Waals surface area contributed by atoms with Crippen LogP contribution in [-0.4, -0.2) is 59.9 Å². The summed E-state index contributed by atoms with van der Waals surface area (Å²) >= 11 is 0. The summed E-state index contributed by atoms with van der Waals surface area (Å²) in [5.41, 5.74) is 5.35. The number of phosphoric acid groups is 1. The van der Waals surface area contributed by atoms with Crippen LogP contribution in [0.2, 0.25) is 0 Å². The molecule has 0 aromatic carbocycles. The predicted octanol–water partition coefficient (Wildman–Crippen LogP) is 14.6. The Hall–Kier alpha value is -1.52. The Morgan fingerprint density at radius 2 is 0.710 bits per heavy atom. The molecular weight excluding hydrogens is 806 g/mol. The maximum Gasteiger partial charge on any atom is 0.472 e. The van der Waals surface area contributed by atoms with E-state index in [2.05, 4.69) is 18.4 Å². The SMILES string of the molecule is CCCCCCCCCCCCCCCCCCCCCCCCC(=O)OC(COC(=O)CCCCCCCCCCCCCCCCCC)COP(=O)(O)OCC(N)C(=O)O. The third-order valence-corrected chi connectivity index (χ3v) is 12.8. The molecule has 0 aromatic heterocycles. The van der Waals surface area contributed by atoms with Crippen LogP contribution in [0.4, 0.5) is 0 Å². The molecule has 4 N–H and O–H groups in total. The molecule has 62 heavy (non-hydrogen) atoms. The Balaban J connectivity index is 4.17. The molecule has 0 aliphatic rings. The fraction of sp³-hybridized carbons (Fsp3) is 0.940. The van der Waals surface area contributed by atoms with Gasteiger partial charge in [0, 0.05) is 12.8 Å². The molecule has 0 saturated carbocycles. The average Bonchev–Trinajstić information content (AvgIpc) is 3.25. The molecule has 0 bridgehead atoms. The summed E-state index contributed by atoms with van der Waals surface area (Å²) in [6.07, 6.45) is 47.4. The highest BCUT2D eigenvalue weighted by Crippen LogP contribution is 2.43. The van der Waals surface area contributed by atoms with Crippen LogP contribution in [0.1, 0.15) is 271 Å². The number of hydrogen-bond donors (Lipinski definition) is 3. The van der Waals surface area contributed by atoms with E-state index < -0.39 is 51.1 Å². The van der Waals surface area contributed by atoms with Crippen molar-refractivity contribution in [1.82, 2.24) is 0 Å². The zero-order valence-corrected chi connectivity index (χ0v) is 41.1. The molecule has 0 fully saturated rings. The van der Waals surface area contributed by atoms with E-state index in [-0.39, 0.29) is 19.4 Å². The zero-order valence-electron chi connectivity index (χ0n) is 40.2. The summed E-state index contributed by atoms with van der Waals surface area (Å²) in [7, 11) is -4.71. The summed E-state index contributed by atoms with van der Waals surface area (Å²) in [5, 5.41) is 8.92. The molecule has 0 aliphatic carbocycles. The number of carbonyl (C=O) groups is 3. The first-order chi connectivity index (χ1) is 30.1. The first-order valence-corrected chi connectivity index (χ1v) is 27.6. The van der Waals surface area contributed by atoms with E-state index in [0.29, 0.717) is 12.8 Å². The Labute approximate surface area is 380 Å². The number of ether oxygens (including phenoxy) is 2. The summed E-state index contributed by atoms with van der Waals surface area (Å²) in [4.78, 5) is 46.2. The van der Waals surface area contributed by atoms with Crippen LogP contribution >= 0.6 is 7.82 Å². The molecule has 368 valence electrons. The molecule has 12 heteroatoms. The summed E-state index contributed by atoms with van der Waals surface area (Å²) in [6, 6.07) is -1.52. The fourth-order valence-corrected chi connectivity index (χ4v) is 8.55. The van der Waals surface area contributed by atoms with Crippen LogP contribution in [-0.2, 0) is 37.5 Å². The number of carboxylic acid groups (broad SMARTS) is 1. The number of nitrogens with two attached hydrogens (primary N) is 1. The molecule has 0 saturated heterocycles. The minimum atomic E-state index is -4.71. The third-order valence-electron chi connectivity index (χ3n) is 11.9. The van der Waals surface area contributed by atoms with E-state index >= 15 is 0 Å². The minimum absolute atomic E-state index is 0.170. The summed E-state index contributed by atoms with van der Waals surface area (Å²) in [6.45, 7) is 2.87. The van der Waals surface area contributed by atoms with E-state index in [4.69, 9.17) is 24.8 Å². The van der Waals surface area contributed by atoms with Gasteiger partial charge in [-0.2, -0.15) is 0 Å². The number of esters is 2. The van der Waals surface area contributed by atoms with Gasteiger partial charge in [-0.1, -0.05) is 245 Å². The highest BCUT2D eigenvalue weighted by atomic mass is 31.2. The third kappa shape index (κ3) is 45.1. The molecule has 11 nitrogen and oxygen atoms in total. The summed E-state index contributed by atoms with van der Waals surface area (Å²) in [5.74, 6) is -2.35. The molecule has 0 aliphatic heterocycles. The Kier molecular flexibility index (Phi) is 44.9. The number of carboxylic acids is 1. The van der Waals surface area contributed by atoms with E-state index in [0.717, 1.165) is 38.5 Å². The molecular formula is C50H98NO10P. The first-order valence-electron chi connectivity index (χ1n) is 26.1. The van der Waals surface area contributed by atoms with Crippen molar-refractivity contribution in [3.05, 3.63) is 0 Å². The van der Waals surface area contributed by atoms with Gasteiger partial charge in [0.1, 0.15) is 12.6 Å². The number of carbonyl (C=O) groups excluding carboxylic acids is 2. The van der Waals surface area contributed by atoms with Crippen LogP contribution < -0.4 is 5.73 Å². The van der Waals surface area contributed by atoms with Crippen molar-refractivity contribution >= 4 is 25.7 Å². The van der Waals surface area contributed by atoms with Crippen molar-refractivity contribution in [2.45, 2.75) is 283 Å². The van der Waals surface area contributed by atoms with Crippen molar-refractivity contribution in [2.75, 3.05) is 19.8 Å². The molecule has 0 aromatic rings. The summed E-state index contributed by atoms with van der Waals surface area (Å²) < 4.78 is 32.9. The van der Waals surface area contributed by atoms with Gasteiger partial charge in [0.25, 0.3) is 0 Å². The number of unbranched alkanes of at least 4 members (excludes halogenated alkanes) is 36. The van der Waals surface area contributed by atoms with E-state index in [9.17, 15) is 23.8 Å². The van der Waals surface area contributed by atoms with Gasteiger partial charge in [-0.3, -0.25) is 23.4 Å². The van der Waals surface area contributed by atoms with Crippen LogP contribution in [0.15, 0.2) is 0 Å². The highest BCUT2D eigenvalue weighted by Gasteiger charge is 2.28. The van der Waals surface area contributed by atoms with Crippen molar-refractivity contribution < 1.29 is 47.5 Å². The molecule has 0 heterocycles. The molecule has 0 spiro atoms. The Morgan fingerprint density at radius 3 is 1.02 bits per heavy atom. The van der Waals surface area contributed by atoms with E-state index in [1.54, 1.807) is 0 Å². The maximum absolute atomic E-state index is 12.7. The van der Waals surface area contributed by atoms with Crippen molar-refractivity contribution in [3.8, 4) is 0 Å². The number of hydrogen-bond acceptors (Lipinski definition) is 9. The quantitative estimate of drug-likeness (QED) is 0.0301. The lowest BCUT2D eigenvalue weighted by molar-refractivity contribution is -0.161. The molecule has 0 amide bonds. The van der Waals surface area contributed by atoms with Gasteiger partial charge in [-0.15, -0.1) is 0 Å². The zero-order chi connectivity index (χ0) is 45.6. The van der Waals surface area contributed by atoms with Crippen LogP contribution in [0, 0.1) is 0 Å². The smallest absolute Gasteiger partial charge is 0.472 e. The topological polar surface area (TPSA) is 172 Å². The van der Waals surface area contributed by atoms with Gasteiger partial charge in [-0.25, -0.2) is 4.57 Å². The number of phosphoric ester groups is 1. The molecule has 3 unspecified atom stereocenters. The molecule has 3 atom stereocenters. The molecule has 0 radical (unpaired) electrons. The predicted molar refractivity (Wildman–Crippen MR) is 254 cm³/mol. The van der Waals surface area contributed by atoms with Gasteiger partial charge in [0.05, 0.1) is 13.2 Å². The normalized spacial score (nSPS) is 13.5. The second kappa shape index (κ2) is 46.0. The van der Waals surface area contributed by atoms with Crippen molar-refractivity contribution in [3.63, 3.8) is 0 Å². The number of rotatable bonds is 50. The van der Waals surface area contributed by atoms with Crippen molar-refractivity contribution in [1.29, 1.82) is 0 Å². The highest BCUT2D eigenvalue weighted by molar-refractivity contribution is 7.47.